The first-order valence-corrected chi connectivity index (χ1v) is 5.97. The van der Waals surface area contributed by atoms with Crippen molar-refractivity contribution in [1.82, 2.24) is 4.98 Å². The molecule has 0 aliphatic carbocycles. The van der Waals surface area contributed by atoms with Gasteiger partial charge in [-0.05, 0) is 36.4 Å². The molecule has 0 aliphatic heterocycles. The zero-order valence-electron chi connectivity index (χ0n) is 9.51. The number of fused-ring (bicyclic) bond motifs is 1. The summed E-state index contributed by atoms with van der Waals surface area (Å²) in [5, 5.41) is 1.63. The van der Waals surface area contributed by atoms with Crippen LogP contribution in [0, 0.1) is 0 Å². The molecule has 1 aromatic carbocycles. The molecular formula is C14H11ClN2O. The molecule has 1 unspecified atom stereocenters. The molecule has 0 saturated carbocycles. The van der Waals surface area contributed by atoms with Gasteiger partial charge in [0, 0.05) is 16.6 Å². The van der Waals surface area contributed by atoms with E-state index in [2.05, 4.69) is 4.98 Å². The monoisotopic (exact) mass is 258 g/mol. The number of nitrogens with zero attached hydrogens (tertiary/aromatic N) is 1. The van der Waals surface area contributed by atoms with E-state index in [0.29, 0.717) is 10.8 Å². The van der Waals surface area contributed by atoms with E-state index in [1.807, 2.05) is 36.4 Å². The van der Waals surface area contributed by atoms with Crippen LogP contribution in [-0.2, 0) is 0 Å². The molecule has 0 amide bonds. The van der Waals surface area contributed by atoms with E-state index >= 15 is 0 Å². The summed E-state index contributed by atoms with van der Waals surface area (Å²) in [6, 6.07) is 12.7. The van der Waals surface area contributed by atoms with Gasteiger partial charge in [0.05, 0.1) is 5.69 Å². The van der Waals surface area contributed by atoms with Crippen molar-refractivity contribution in [3.63, 3.8) is 0 Å². The van der Waals surface area contributed by atoms with Gasteiger partial charge in [-0.15, -0.1) is 0 Å². The van der Waals surface area contributed by atoms with E-state index in [1.54, 1.807) is 12.3 Å². The second-order valence-electron chi connectivity index (χ2n) is 4.06. The summed E-state index contributed by atoms with van der Waals surface area (Å²) in [5.41, 5.74) is 7.69. The Balaban J connectivity index is 2.04. The molecule has 4 heteroatoms. The van der Waals surface area contributed by atoms with Crippen LogP contribution < -0.4 is 5.73 Å². The fourth-order valence-electron chi connectivity index (χ4n) is 1.89. The maximum Gasteiger partial charge on any atom is 0.134 e. The predicted molar refractivity (Wildman–Crippen MR) is 71.5 cm³/mol. The van der Waals surface area contributed by atoms with Crippen LogP contribution in [0.1, 0.15) is 17.5 Å². The van der Waals surface area contributed by atoms with Crippen LogP contribution in [-0.4, -0.2) is 4.98 Å². The average molecular weight is 259 g/mol. The third-order valence-electron chi connectivity index (χ3n) is 2.81. The molecule has 0 fully saturated rings. The van der Waals surface area contributed by atoms with Gasteiger partial charge in [-0.3, -0.25) is 4.98 Å². The molecule has 1 atom stereocenters. The van der Waals surface area contributed by atoms with Gasteiger partial charge in [0.1, 0.15) is 17.4 Å². The molecule has 2 heterocycles. The number of hydrogen-bond donors (Lipinski definition) is 1. The average Bonchev–Trinajstić information content (AvgIpc) is 2.81. The maximum atomic E-state index is 6.13. The lowest BCUT2D eigenvalue weighted by molar-refractivity contribution is 0.521. The minimum atomic E-state index is -0.364. The van der Waals surface area contributed by atoms with E-state index in [1.165, 1.54) is 0 Å². The highest BCUT2D eigenvalue weighted by Crippen LogP contribution is 2.27. The summed E-state index contributed by atoms with van der Waals surface area (Å²) in [6.45, 7) is 0. The highest BCUT2D eigenvalue weighted by atomic mass is 35.5. The van der Waals surface area contributed by atoms with Gasteiger partial charge in [-0.2, -0.15) is 0 Å². The zero-order chi connectivity index (χ0) is 12.5. The molecule has 0 spiro atoms. The van der Waals surface area contributed by atoms with Gasteiger partial charge in [0.15, 0.2) is 0 Å². The third kappa shape index (κ3) is 1.98. The van der Waals surface area contributed by atoms with Crippen LogP contribution in [0.15, 0.2) is 53.1 Å². The number of nitrogens with two attached hydrogens (primary N) is 1. The Morgan fingerprint density at radius 3 is 2.83 bits per heavy atom. The van der Waals surface area contributed by atoms with Crippen molar-refractivity contribution in [3.05, 3.63) is 65.1 Å². The third-order valence-corrected chi connectivity index (χ3v) is 3.05. The maximum absolute atomic E-state index is 6.13. The van der Waals surface area contributed by atoms with Crippen molar-refractivity contribution in [2.24, 2.45) is 5.73 Å². The van der Waals surface area contributed by atoms with Crippen molar-refractivity contribution < 1.29 is 4.42 Å². The van der Waals surface area contributed by atoms with Gasteiger partial charge in [0.25, 0.3) is 0 Å². The molecule has 0 bridgehead atoms. The summed E-state index contributed by atoms with van der Waals surface area (Å²) >= 11 is 5.94. The Morgan fingerprint density at radius 1 is 1.17 bits per heavy atom. The lowest BCUT2D eigenvalue weighted by atomic mass is 10.1. The Kier molecular flexibility index (Phi) is 2.78. The van der Waals surface area contributed by atoms with Crippen LogP contribution in [0.3, 0.4) is 0 Å². The van der Waals surface area contributed by atoms with E-state index in [-0.39, 0.29) is 6.04 Å². The van der Waals surface area contributed by atoms with E-state index < -0.39 is 0 Å². The Bertz CT molecular complexity index is 679. The SMILES string of the molecule is NC(c1ccccn1)c1cc2cc(Cl)ccc2o1. The van der Waals surface area contributed by atoms with Gasteiger partial charge in [-0.25, -0.2) is 0 Å². The van der Waals surface area contributed by atoms with Crippen molar-refractivity contribution in [2.75, 3.05) is 0 Å². The zero-order valence-corrected chi connectivity index (χ0v) is 10.3. The summed E-state index contributed by atoms with van der Waals surface area (Å²) in [5.74, 6) is 0.686. The van der Waals surface area contributed by atoms with Crippen molar-refractivity contribution in [3.8, 4) is 0 Å². The number of furan rings is 1. The molecule has 18 heavy (non-hydrogen) atoms. The summed E-state index contributed by atoms with van der Waals surface area (Å²) in [7, 11) is 0. The molecule has 2 N–H and O–H groups in total. The summed E-state index contributed by atoms with van der Waals surface area (Å²) in [4.78, 5) is 4.23. The highest BCUT2D eigenvalue weighted by molar-refractivity contribution is 6.31. The van der Waals surface area contributed by atoms with E-state index in [9.17, 15) is 0 Å². The number of aromatic nitrogens is 1. The van der Waals surface area contributed by atoms with Crippen LogP contribution in [0.4, 0.5) is 0 Å². The fourth-order valence-corrected chi connectivity index (χ4v) is 2.07. The second kappa shape index (κ2) is 4.44. The lowest BCUT2D eigenvalue weighted by Gasteiger charge is -2.06. The first-order valence-electron chi connectivity index (χ1n) is 5.59. The molecular weight excluding hydrogens is 248 g/mol. The first kappa shape index (κ1) is 11.3. The first-order chi connectivity index (χ1) is 8.74. The predicted octanol–water partition coefficient (Wildman–Crippen LogP) is 3.53. The van der Waals surface area contributed by atoms with Crippen molar-refractivity contribution >= 4 is 22.6 Å². The molecule has 0 saturated heterocycles. The van der Waals surface area contributed by atoms with Crippen LogP contribution in [0.25, 0.3) is 11.0 Å². The van der Waals surface area contributed by atoms with Crippen molar-refractivity contribution in [1.29, 1.82) is 0 Å². The number of rotatable bonds is 2. The largest absolute Gasteiger partial charge is 0.459 e. The van der Waals surface area contributed by atoms with Crippen LogP contribution in [0.5, 0.6) is 0 Å². The number of pyridine rings is 1. The molecule has 2 aromatic heterocycles. The molecule has 90 valence electrons. The van der Waals surface area contributed by atoms with Crippen molar-refractivity contribution in [2.45, 2.75) is 6.04 Å². The van der Waals surface area contributed by atoms with Gasteiger partial charge in [-0.1, -0.05) is 17.7 Å². The quantitative estimate of drug-likeness (QED) is 0.765. The fraction of sp³-hybridized carbons (Fsp3) is 0.0714. The minimum Gasteiger partial charge on any atom is -0.459 e. The number of benzene rings is 1. The number of hydrogen-bond acceptors (Lipinski definition) is 3. The normalized spacial score (nSPS) is 12.8. The van der Waals surface area contributed by atoms with Crippen LogP contribution >= 0.6 is 11.6 Å². The Hall–Kier alpha value is -1.84. The van der Waals surface area contributed by atoms with Gasteiger partial charge >= 0.3 is 0 Å². The Labute approximate surface area is 109 Å². The summed E-state index contributed by atoms with van der Waals surface area (Å²) in [6.07, 6.45) is 1.72. The lowest BCUT2D eigenvalue weighted by Crippen LogP contribution is -2.12. The highest BCUT2D eigenvalue weighted by Gasteiger charge is 2.15. The molecule has 0 aliphatic rings. The topological polar surface area (TPSA) is 52.0 Å². The number of halogens is 1. The minimum absolute atomic E-state index is 0.364. The molecule has 3 nitrogen and oxygen atoms in total. The molecule has 0 radical (unpaired) electrons. The standard InChI is InChI=1S/C14H11ClN2O/c15-10-4-5-12-9(7-10)8-13(18-12)14(16)11-3-1-2-6-17-11/h1-8,14H,16H2. The summed E-state index contributed by atoms with van der Waals surface area (Å²) < 4.78 is 5.72. The smallest absolute Gasteiger partial charge is 0.134 e. The van der Waals surface area contributed by atoms with E-state index in [4.69, 9.17) is 21.8 Å². The Morgan fingerprint density at radius 2 is 2.06 bits per heavy atom. The molecule has 3 aromatic rings. The van der Waals surface area contributed by atoms with Gasteiger partial charge in [0.2, 0.25) is 0 Å². The molecule has 3 rings (SSSR count). The van der Waals surface area contributed by atoms with Crippen LogP contribution in [0.2, 0.25) is 5.02 Å². The van der Waals surface area contributed by atoms with E-state index in [0.717, 1.165) is 16.7 Å². The second-order valence-corrected chi connectivity index (χ2v) is 4.50. The van der Waals surface area contributed by atoms with Gasteiger partial charge < -0.3 is 10.2 Å².